The third-order valence-corrected chi connectivity index (χ3v) is 12.7. The second-order valence-corrected chi connectivity index (χ2v) is 15.5. The van der Waals surface area contributed by atoms with E-state index in [1.807, 2.05) is 11.8 Å². The number of nitrogens with zero attached hydrogens (tertiary/aromatic N) is 1. The van der Waals surface area contributed by atoms with Gasteiger partial charge in [-0.15, -0.1) is 0 Å². The SMILES string of the molecule is c1ccc(-c2ccc(N(c3ccccc3)c3ccc(-c4ccc5c(c4)Sc4c(ccc6ccccc46)C54c5ccccc5-c5ccccc54)cc3)cc2)cc1. The van der Waals surface area contributed by atoms with Crippen LogP contribution in [0.4, 0.5) is 17.1 Å². The summed E-state index contributed by atoms with van der Waals surface area (Å²) in [5, 5.41) is 2.58. The molecule has 1 aliphatic heterocycles. The lowest BCUT2D eigenvalue weighted by Gasteiger charge is -2.40. The van der Waals surface area contributed by atoms with E-state index in [0.29, 0.717) is 0 Å². The first-order valence-corrected chi connectivity index (χ1v) is 19.7. The Hall–Kier alpha value is -6.61. The molecule has 1 spiro atoms. The number of benzene rings is 9. The zero-order valence-electron chi connectivity index (χ0n) is 30.1. The van der Waals surface area contributed by atoms with E-state index in [1.165, 1.54) is 76.2 Å². The highest BCUT2D eigenvalue weighted by Gasteiger charge is 2.50. The van der Waals surface area contributed by atoms with Gasteiger partial charge in [-0.05, 0) is 109 Å². The summed E-state index contributed by atoms with van der Waals surface area (Å²) in [4.78, 5) is 4.99. The molecule has 1 aliphatic carbocycles. The Labute approximate surface area is 326 Å². The molecule has 0 bridgehead atoms. The summed E-state index contributed by atoms with van der Waals surface area (Å²) in [7, 11) is 0. The highest BCUT2D eigenvalue weighted by atomic mass is 32.2. The van der Waals surface area contributed by atoms with E-state index in [1.54, 1.807) is 0 Å². The second-order valence-electron chi connectivity index (χ2n) is 14.4. The molecule has 1 heterocycles. The van der Waals surface area contributed by atoms with Crippen molar-refractivity contribution in [1.82, 2.24) is 0 Å². The third kappa shape index (κ3) is 4.95. The third-order valence-electron chi connectivity index (χ3n) is 11.5. The van der Waals surface area contributed by atoms with E-state index in [9.17, 15) is 0 Å². The standard InChI is InChI=1S/C53H35NS/c1-3-13-36(14-4-1)37-23-29-42(30-24-37)54(41-16-5-2-6-17-41)43-31-25-38(26-32-43)40-28-33-49-51(35-40)55-52-44-18-8-7-15-39(44)27-34-50(52)53(49)47-21-11-9-19-45(47)46-20-10-12-22-48(46)53/h1-35H. The maximum atomic E-state index is 2.43. The fourth-order valence-electron chi connectivity index (χ4n) is 9.08. The van der Waals surface area contributed by atoms with Crippen molar-refractivity contribution >= 4 is 39.6 Å². The zero-order chi connectivity index (χ0) is 36.3. The summed E-state index contributed by atoms with van der Waals surface area (Å²) in [6.07, 6.45) is 0. The van der Waals surface area contributed by atoms with Gasteiger partial charge in [-0.3, -0.25) is 0 Å². The first-order chi connectivity index (χ1) is 27.3. The number of hydrogen-bond donors (Lipinski definition) is 0. The molecule has 2 aliphatic rings. The second kappa shape index (κ2) is 12.8. The predicted octanol–water partition coefficient (Wildman–Crippen LogP) is 14.5. The summed E-state index contributed by atoms with van der Waals surface area (Å²) in [5.41, 5.74) is 15.9. The Morgan fingerprint density at radius 1 is 0.345 bits per heavy atom. The van der Waals surface area contributed by atoms with Gasteiger partial charge in [-0.25, -0.2) is 0 Å². The van der Waals surface area contributed by atoms with Crippen LogP contribution in [0, 0.1) is 0 Å². The Morgan fingerprint density at radius 2 is 0.836 bits per heavy atom. The maximum absolute atomic E-state index is 2.43. The van der Waals surface area contributed by atoms with Crippen LogP contribution in [-0.4, -0.2) is 0 Å². The zero-order valence-corrected chi connectivity index (χ0v) is 30.9. The highest BCUT2D eigenvalue weighted by molar-refractivity contribution is 7.99. The molecule has 0 aromatic heterocycles. The Balaban J connectivity index is 1.03. The van der Waals surface area contributed by atoms with E-state index >= 15 is 0 Å². The molecule has 0 atom stereocenters. The average Bonchev–Trinajstić information content (AvgIpc) is 3.55. The lowest BCUT2D eigenvalue weighted by molar-refractivity contribution is 0.726. The van der Waals surface area contributed by atoms with Crippen LogP contribution >= 0.6 is 11.8 Å². The predicted molar refractivity (Wildman–Crippen MR) is 231 cm³/mol. The molecular weight excluding hydrogens is 683 g/mol. The van der Waals surface area contributed by atoms with Crippen LogP contribution in [0.15, 0.2) is 222 Å². The minimum atomic E-state index is -0.401. The minimum absolute atomic E-state index is 0.401. The highest BCUT2D eigenvalue weighted by Crippen LogP contribution is 2.63. The van der Waals surface area contributed by atoms with Crippen molar-refractivity contribution in [2.75, 3.05) is 4.90 Å². The molecule has 0 saturated carbocycles. The van der Waals surface area contributed by atoms with E-state index in [2.05, 4.69) is 217 Å². The molecule has 9 aromatic rings. The summed E-state index contributed by atoms with van der Waals surface area (Å²) in [6.45, 7) is 0. The van der Waals surface area contributed by atoms with Crippen molar-refractivity contribution in [3.63, 3.8) is 0 Å². The van der Waals surface area contributed by atoms with Gasteiger partial charge >= 0.3 is 0 Å². The monoisotopic (exact) mass is 717 g/mol. The number of anilines is 3. The average molecular weight is 718 g/mol. The Morgan fingerprint density at radius 3 is 1.51 bits per heavy atom. The van der Waals surface area contributed by atoms with Crippen molar-refractivity contribution in [3.05, 3.63) is 235 Å². The number of hydrogen-bond acceptors (Lipinski definition) is 2. The fraction of sp³-hybridized carbons (Fsp3) is 0.0189. The largest absolute Gasteiger partial charge is 0.311 e. The van der Waals surface area contributed by atoms with Gasteiger partial charge in [-0.1, -0.05) is 182 Å². The van der Waals surface area contributed by atoms with Gasteiger partial charge in [0.15, 0.2) is 0 Å². The first-order valence-electron chi connectivity index (χ1n) is 18.9. The van der Waals surface area contributed by atoms with Crippen LogP contribution in [0.1, 0.15) is 22.3 Å². The molecule has 1 nitrogen and oxygen atoms in total. The van der Waals surface area contributed by atoms with E-state index in [4.69, 9.17) is 0 Å². The van der Waals surface area contributed by atoms with E-state index in [0.717, 1.165) is 17.1 Å². The smallest absolute Gasteiger partial charge is 0.0735 e. The van der Waals surface area contributed by atoms with E-state index < -0.39 is 5.41 Å². The number of para-hydroxylation sites is 1. The van der Waals surface area contributed by atoms with Crippen LogP contribution in [0.3, 0.4) is 0 Å². The molecule has 0 amide bonds. The van der Waals surface area contributed by atoms with Gasteiger partial charge < -0.3 is 4.90 Å². The summed E-state index contributed by atoms with van der Waals surface area (Å²) in [6, 6.07) is 78.0. The molecule has 0 unspecified atom stereocenters. The van der Waals surface area contributed by atoms with Crippen LogP contribution in [0.25, 0.3) is 44.2 Å². The van der Waals surface area contributed by atoms with Crippen molar-refractivity contribution in [2.24, 2.45) is 0 Å². The minimum Gasteiger partial charge on any atom is -0.311 e. The van der Waals surface area contributed by atoms with Crippen molar-refractivity contribution in [1.29, 1.82) is 0 Å². The number of fused-ring (bicyclic) bond motifs is 11. The quantitative estimate of drug-likeness (QED) is 0.174. The maximum Gasteiger partial charge on any atom is 0.0735 e. The molecule has 0 N–H and O–H groups in total. The number of rotatable bonds is 5. The molecule has 0 fully saturated rings. The van der Waals surface area contributed by atoms with E-state index in [-0.39, 0.29) is 0 Å². The summed E-state index contributed by atoms with van der Waals surface area (Å²) in [5.74, 6) is 0. The molecule has 11 rings (SSSR count). The van der Waals surface area contributed by atoms with Crippen LogP contribution in [0.5, 0.6) is 0 Å². The molecule has 55 heavy (non-hydrogen) atoms. The van der Waals surface area contributed by atoms with Crippen LogP contribution in [0.2, 0.25) is 0 Å². The van der Waals surface area contributed by atoms with Gasteiger partial charge in [0.25, 0.3) is 0 Å². The van der Waals surface area contributed by atoms with Gasteiger partial charge in [0.05, 0.1) is 5.41 Å². The Bertz CT molecular complexity index is 2830. The van der Waals surface area contributed by atoms with Crippen LogP contribution in [-0.2, 0) is 5.41 Å². The molecule has 0 radical (unpaired) electrons. The van der Waals surface area contributed by atoms with Crippen molar-refractivity contribution in [2.45, 2.75) is 15.2 Å². The van der Waals surface area contributed by atoms with Crippen molar-refractivity contribution in [3.8, 4) is 33.4 Å². The topological polar surface area (TPSA) is 3.24 Å². The molecule has 2 heteroatoms. The van der Waals surface area contributed by atoms with Gasteiger partial charge in [-0.2, -0.15) is 0 Å². The molecule has 258 valence electrons. The molecule has 0 saturated heterocycles. The van der Waals surface area contributed by atoms with Gasteiger partial charge in [0.2, 0.25) is 0 Å². The Kier molecular flexibility index (Phi) is 7.40. The fourth-order valence-corrected chi connectivity index (χ4v) is 10.4. The molecule has 9 aromatic carbocycles. The normalized spacial score (nSPS) is 13.2. The lowest BCUT2D eigenvalue weighted by atomic mass is 9.67. The van der Waals surface area contributed by atoms with Crippen molar-refractivity contribution < 1.29 is 0 Å². The summed E-state index contributed by atoms with van der Waals surface area (Å²) >= 11 is 1.92. The van der Waals surface area contributed by atoms with Gasteiger partial charge in [0.1, 0.15) is 0 Å². The van der Waals surface area contributed by atoms with Gasteiger partial charge in [0, 0.05) is 26.9 Å². The lowest BCUT2D eigenvalue weighted by Crippen LogP contribution is -2.32. The van der Waals surface area contributed by atoms with Crippen LogP contribution < -0.4 is 4.90 Å². The molecular formula is C53H35NS. The first kappa shape index (κ1) is 31.9. The summed E-state index contributed by atoms with van der Waals surface area (Å²) < 4.78 is 0.